The van der Waals surface area contributed by atoms with Gasteiger partial charge < -0.3 is 20.5 Å². The molecule has 0 atom stereocenters. The maximum atomic E-state index is 12.4. The van der Waals surface area contributed by atoms with E-state index in [2.05, 4.69) is 20.3 Å². The molecular formula is C25H21N5O4. The summed E-state index contributed by atoms with van der Waals surface area (Å²) < 4.78 is 10.9. The predicted octanol–water partition coefficient (Wildman–Crippen LogP) is 3.99. The van der Waals surface area contributed by atoms with Gasteiger partial charge in [0.15, 0.2) is 0 Å². The first-order valence-corrected chi connectivity index (χ1v) is 10.4. The van der Waals surface area contributed by atoms with Crippen molar-refractivity contribution in [2.24, 2.45) is 5.73 Å². The summed E-state index contributed by atoms with van der Waals surface area (Å²) in [6.45, 7) is 1.81. The Bertz CT molecular complexity index is 1360. The molecule has 3 N–H and O–H groups in total. The first-order valence-electron chi connectivity index (χ1n) is 10.4. The van der Waals surface area contributed by atoms with Crippen LogP contribution in [-0.2, 0) is 14.3 Å². The van der Waals surface area contributed by atoms with E-state index in [1.165, 1.54) is 12.5 Å². The molecule has 4 aromatic rings. The molecule has 2 aromatic carbocycles. The van der Waals surface area contributed by atoms with Crippen molar-refractivity contribution in [3.63, 3.8) is 0 Å². The van der Waals surface area contributed by atoms with Crippen molar-refractivity contribution in [3.05, 3.63) is 85.0 Å². The number of para-hydroxylation sites is 1. The molecule has 2 heterocycles. The standard InChI is InChI=1S/C25H21N5O4/c1-2-33-25(32)20(13-23(26)31)21-12-19-22(14-27-21)28-15-29-24(19)30-16-8-10-18(11-9-16)34-17-6-4-3-5-7-17/h3-15H,2H2,1H3,(H2,26,31)(H,28,29,30)/b20-13-. The zero-order valence-electron chi connectivity index (χ0n) is 18.3. The van der Waals surface area contributed by atoms with Crippen LogP contribution in [-0.4, -0.2) is 33.4 Å². The highest BCUT2D eigenvalue weighted by molar-refractivity contribution is 6.20. The number of nitrogens with two attached hydrogens (primary N) is 1. The molecule has 0 saturated carbocycles. The van der Waals surface area contributed by atoms with E-state index in [4.69, 9.17) is 15.2 Å². The lowest BCUT2D eigenvalue weighted by molar-refractivity contribution is -0.136. The third kappa shape index (κ3) is 5.33. The van der Waals surface area contributed by atoms with Crippen molar-refractivity contribution >= 4 is 39.9 Å². The number of pyridine rings is 1. The monoisotopic (exact) mass is 455 g/mol. The second-order valence-corrected chi connectivity index (χ2v) is 7.05. The van der Waals surface area contributed by atoms with Crippen molar-refractivity contribution in [1.29, 1.82) is 0 Å². The highest BCUT2D eigenvalue weighted by Gasteiger charge is 2.18. The summed E-state index contributed by atoms with van der Waals surface area (Å²) >= 11 is 0. The molecule has 0 saturated heterocycles. The van der Waals surface area contributed by atoms with Gasteiger partial charge in [-0.2, -0.15) is 0 Å². The zero-order valence-corrected chi connectivity index (χ0v) is 18.3. The van der Waals surface area contributed by atoms with E-state index in [9.17, 15) is 9.59 Å². The number of nitrogens with zero attached hydrogens (tertiary/aromatic N) is 3. The maximum Gasteiger partial charge on any atom is 0.340 e. The minimum atomic E-state index is -0.787. The molecule has 2 aromatic heterocycles. The lowest BCUT2D eigenvalue weighted by Crippen LogP contribution is -2.14. The molecular weight excluding hydrogens is 434 g/mol. The molecule has 170 valence electrons. The third-order valence-corrected chi connectivity index (χ3v) is 4.68. The zero-order chi connectivity index (χ0) is 23.9. The van der Waals surface area contributed by atoms with Gasteiger partial charge >= 0.3 is 5.97 Å². The first kappa shape index (κ1) is 22.4. The number of nitrogens with one attached hydrogen (secondary N) is 1. The number of rotatable bonds is 8. The lowest BCUT2D eigenvalue weighted by Gasteiger charge is -2.11. The van der Waals surface area contributed by atoms with Crippen LogP contribution in [0.4, 0.5) is 11.5 Å². The number of carbonyl (C=O) groups excluding carboxylic acids is 2. The summed E-state index contributed by atoms with van der Waals surface area (Å²) in [5.74, 6) is 0.435. The van der Waals surface area contributed by atoms with Gasteiger partial charge in [0.05, 0.1) is 29.6 Å². The van der Waals surface area contributed by atoms with Gasteiger partial charge in [0.25, 0.3) is 0 Å². The number of carbonyl (C=O) groups is 2. The van der Waals surface area contributed by atoms with Gasteiger partial charge in [-0.1, -0.05) is 18.2 Å². The number of benzene rings is 2. The third-order valence-electron chi connectivity index (χ3n) is 4.68. The van der Waals surface area contributed by atoms with Gasteiger partial charge in [0.1, 0.15) is 23.6 Å². The largest absolute Gasteiger partial charge is 0.462 e. The second kappa shape index (κ2) is 10.2. The van der Waals surface area contributed by atoms with Gasteiger partial charge in [-0.25, -0.2) is 14.8 Å². The van der Waals surface area contributed by atoms with Crippen LogP contribution in [0.3, 0.4) is 0 Å². The van der Waals surface area contributed by atoms with Gasteiger partial charge in [-0.05, 0) is 49.4 Å². The molecule has 0 unspecified atom stereocenters. The molecule has 0 bridgehead atoms. The number of primary amides is 1. The van der Waals surface area contributed by atoms with Crippen molar-refractivity contribution in [1.82, 2.24) is 15.0 Å². The van der Waals surface area contributed by atoms with Gasteiger partial charge in [0, 0.05) is 17.1 Å². The normalized spacial score (nSPS) is 11.1. The van der Waals surface area contributed by atoms with E-state index >= 15 is 0 Å². The summed E-state index contributed by atoms with van der Waals surface area (Å²) in [7, 11) is 0. The molecule has 0 spiro atoms. The number of amides is 1. The number of ether oxygens (including phenoxy) is 2. The summed E-state index contributed by atoms with van der Waals surface area (Å²) in [4.78, 5) is 36.6. The van der Waals surface area contributed by atoms with Gasteiger partial charge in [-0.15, -0.1) is 0 Å². The van der Waals surface area contributed by atoms with E-state index in [1.54, 1.807) is 13.0 Å². The Morgan fingerprint density at radius 2 is 1.74 bits per heavy atom. The summed E-state index contributed by atoms with van der Waals surface area (Å²) in [5.41, 5.74) is 6.75. The van der Waals surface area contributed by atoms with E-state index in [1.807, 2.05) is 54.6 Å². The molecule has 34 heavy (non-hydrogen) atoms. The molecule has 0 radical (unpaired) electrons. The molecule has 1 amide bonds. The van der Waals surface area contributed by atoms with Crippen LogP contribution in [0.5, 0.6) is 11.5 Å². The van der Waals surface area contributed by atoms with Gasteiger partial charge in [0.2, 0.25) is 5.91 Å². The number of anilines is 2. The summed E-state index contributed by atoms with van der Waals surface area (Å²) in [6.07, 6.45) is 3.89. The van der Waals surface area contributed by atoms with Crippen LogP contribution in [0, 0.1) is 0 Å². The van der Waals surface area contributed by atoms with Crippen LogP contribution >= 0.6 is 0 Å². The highest BCUT2D eigenvalue weighted by Crippen LogP contribution is 2.28. The van der Waals surface area contributed by atoms with Crippen LogP contribution in [0.25, 0.3) is 16.5 Å². The number of hydrogen-bond acceptors (Lipinski definition) is 8. The number of hydrogen-bond donors (Lipinski definition) is 2. The lowest BCUT2D eigenvalue weighted by atomic mass is 10.1. The van der Waals surface area contributed by atoms with Crippen LogP contribution in [0.2, 0.25) is 0 Å². The van der Waals surface area contributed by atoms with Gasteiger partial charge in [-0.3, -0.25) is 9.78 Å². The molecule has 9 heteroatoms. The molecule has 0 fully saturated rings. The minimum absolute atomic E-state index is 0.0477. The fourth-order valence-electron chi connectivity index (χ4n) is 3.16. The number of aromatic nitrogens is 3. The number of fused-ring (bicyclic) bond motifs is 1. The Balaban J connectivity index is 1.63. The molecule has 0 aliphatic rings. The van der Waals surface area contributed by atoms with Crippen LogP contribution in [0.1, 0.15) is 12.6 Å². The van der Waals surface area contributed by atoms with Crippen molar-refractivity contribution < 1.29 is 19.1 Å². The Labute approximate surface area is 195 Å². The number of esters is 1. The topological polar surface area (TPSA) is 129 Å². The first-order chi connectivity index (χ1) is 16.5. The summed E-state index contributed by atoms with van der Waals surface area (Å²) in [6, 6.07) is 18.5. The van der Waals surface area contributed by atoms with Crippen molar-refractivity contribution in [3.8, 4) is 11.5 Å². The van der Waals surface area contributed by atoms with E-state index in [0.29, 0.717) is 22.5 Å². The molecule has 0 aliphatic heterocycles. The quantitative estimate of drug-likeness (QED) is 0.301. The Kier molecular flexibility index (Phi) is 6.73. The van der Waals surface area contributed by atoms with E-state index in [0.717, 1.165) is 17.5 Å². The second-order valence-electron chi connectivity index (χ2n) is 7.05. The Hall–Kier alpha value is -4.79. The molecule has 4 rings (SSSR count). The molecule has 9 nitrogen and oxygen atoms in total. The maximum absolute atomic E-state index is 12.4. The van der Waals surface area contributed by atoms with Crippen molar-refractivity contribution in [2.75, 3.05) is 11.9 Å². The van der Waals surface area contributed by atoms with Crippen LogP contribution < -0.4 is 15.8 Å². The van der Waals surface area contributed by atoms with Crippen LogP contribution in [0.15, 0.2) is 79.3 Å². The Morgan fingerprint density at radius 3 is 2.44 bits per heavy atom. The highest BCUT2D eigenvalue weighted by atomic mass is 16.5. The average Bonchev–Trinajstić information content (AvgIpc) is 2.84. The fourth-order valence-corrected chi connectivity index (χ4v) is 3.16. The van der Waals surface area contributed by atoms with Crippen molar-refractivity contribution in [2.45, 2.75) is 6.92 Å². The summed E-state index contributed by atoms with van der Waals surface area (Å²) in [5, 5.41) is 3.83. The Morgan fingerprint density at radius 1 is 1.00 bits per heavy atom. The van der Waals surface area contributed by atoms with E-state index in [-0.39, 0.29) is 17.9 Å². The van der Waals surface area contributed by atoms with E-state index < -0.39 is 11.9 Å². The smallest absolute Gasteiger partial charge is 0.340 e. The fraction of sp³-hybridized carbons (Fsp3) is 0.0800. The molecule has 0 aliphatic carbocycles. The predicted molar refractivity (Wildman–Crippen MR) is 127 cm³/mol. The average molecular weight is 455 g/mol. The SMILES string of the molecule is CCOC(=O)/C(=C\C(N)=O)c1cc2c(Nc3ccc(Oc4ccccc4)cc3)ncnc2cn1. The minimum Gasteiger partial charge on any atom is -0.462 e.